The second-order valence-corrected chi connectivity index (χ2v) is 5.71. The summed E-state index contributed by atoms with van der Waals surface area (Å²) < 4.78 is 5.32. The van der Waals surface area contributed by atoms with Crippen LogP contribution in [-0.2, 0) is 4.79 Å². The fourth-order valence-electron chi connectivity index (χ4n) is 2.38. The molecule has 24 heavy (non-hydrogen) atoms. The zero-order chi connectivity index (χ0) is 17.5. The van der Waals surface area contributed by atoms with E-state index in [-0.39, 0.29) is 35.9 Å². The summed E-state index contributed by atoms with van der Waals surface area (Å²) in [6, 6.07) is 15.5. The van der Waals surface area contributed by atoms with Crippen LogP contribution in [0.2, 0.25) is 0 Å². The average molecular weight is 328 g/mol. The van der Waals surface area contributed by atoms with Gasteiger partial charge in [0.25, 0.3) is 5.91 Å². The molecule has 1 atom stereocenters. The molecule has 0 aliphatic carbocycles. The van der Waals surface area contributed by atoms with Gasteiger partial charge in [0.05, 0.1) is 11.0 Å². The lowest BCUT2D eigenvalue weighted by atomic mass is 9.96. The number of nitrogens with one attached hydrogen (secondary N) is 1. The van der Waals surface area contributed by atoms with Crippen LogP contribution in [0, 0.1) is 16.0 Å². The lowest BCUT2D eigenvalue weighted by molar-refractivity contribution is -0.385. The Bertz CT molecular complexity index is 701. The molecule has 0 saturated carbocycles. The van der Waals surface area contributed by atoms with Gasteiger partial charge < -0.3 is 10.1 Å². The zero-order valence-electron chi connectivity index (χ0n) is 13.6. The van der Waals surface area contributed by atoms with E-state index in [9.17, 15) is 14.9 Å². The first kappa shape index (κ1) is 17.5. The molecule has 6 nitrogen and oxygen atoms in total. The summed E-state index contributed by atoms with van der Waals surface area (Å²) in [7, 11) is 0. The molecule has 126 valence electrons. The van der Waals surface area contributed by atoms with Crippen molar-refractivity contribution in [3.8, 4) is 5.75 Å². The Morgan fingerprint density at radius 3 is 2.38 bits per heavy atom. The standard InChI is InChI=1S/C18H20N2O4/c1-13(2)18(14-8-4-3-5-9-14)19-17(21)12-24-16-11-7-6-10-15(16)20(22)23/h3-11,13,18H,12H2,1-2H3,(H,19,21)/t18-/m1/s1. The van der Waals surface area contributed by atoms with Gasteiger partial charge in [0, 0.05) is 6.07 Å². The molecular weight excluding hydrogens is 308 g/mol. The number of benzene rings is 2. The minimum absolute atomic E-state index is 0.0819. The summed E-state index contributed by atoms with van der Waals surface area (Å²) in [4.78, 5) is 22.6. The predicted octanol–water partition coefficient (Wildman–Crippen LogP) is 3.49. The summed E-state index contributed by atoms with van der Waals surface area (Å²) in [5.41, 5.74) is 0.848. The van der Waals surface area contributed by atoms with E-state index in [2.05, 4.69) is 5.32 Å². The van der Waals surface area contributed by atoms with Crippen LogP contribution in [0.3, 0.4) is 0 Å². The molecule has 2 aromatic rings. The maximum absolute atomic E-state index is 12.2. The van der Waals surface area contributed by atoms with Crippen molar-refractivity contribution in [1.29, 1.82) is 0 Å². The van der Waals surface area contributed by atoms with Gasteiger partial charge >= 0.3 is 5.69 Å². The zero-order valence-corrected chi connectivity index (χ0v) is 13.6. The second kappa shape index (κ2) is 8.10. The van der Waals surface area contributed by atoms with Crippen LogP contribution in [0.1, 0.15) is 25.5 Å². The summed E-state index contributed by atoms with van der Waals surface area (Å²) in [6.45, 7) is 3.75. The number of amides is 1. The third-order valence-electron chi connectivity index (χ3n) is 3.56. The van der Waals surface area contributed by atoms with Crippen molar-refractivity contribution in [2.75, 3.05) is 6.61 Å². The van der Waals surface area contributed by atoms with Crippen molar-refractivity contribution in [1.82, 2.24) is 5.32 Å². The second-order valence-electron chi connectivity index (χ2n) is 5.71. The Morgan fingerprint density at radius 1 is 1.12 bits per heavy atom. The first-order chi connectivity index (χ1) is 11.5. The molecule has 2 aromatic carbocycles. The van der Waals surface area contributed by atoms with Gasteiger partial charge in [-0.2, -0.15) is 0 Å². The number of rotatable bonds is 7. The van der Waals surface area contributed by atoms with Crippen molar-refractivity contribution in [3.63, 3.8) is 0 Å². The van der Waals surface area contributed by atoms with Crippen molar-refractivity contribution in [2.45, 2.75) is 19.9 Å². The Kier molecular flexibility index (Phi) is 5.89. The average Bonchev–Trinajstić information content (AvgIpc) is 2.58. The van der Waals surface area contributed by atoms with Gasteiger partial charge in [-0.05, 0) is 17.5 Å². The molecule has 0 aliphatic rings. The highest BCUT2D eigenvalue weighted by molar-refractivity contribution is 5.78. The molecule has 0 aliphatic heterocycles. The third-order valence-corrected chi connectivity index (χ3v) is 3.56. The first-order valence-corrected chi connectivity index (χ1v) is 7.69. The van der Waals surface area contributed by atoms with Crippen LogP contribution in [0.5, 0.6) is 5.75 Å². The van der Waals surface area contributed by atoms with E-state index in [1.807, 2.05) is 44.2 Å². The van der Waals surface area contributed by atoms with Gasteiger partial charge in [0.1, 0.15) is 0 Å². The third kappa shape index (κ3) is 4.55. The van der Waals surface area contributed by atoms with Crippen molar-refractivity contribution in [3.05, 3.63) is 70.3 Å². The normalized spacial score (nSPS) is 11.8. The van der Waals surface area contributed by atoms with Crippen molar-refractivity contribution < 1.29 is 14.5 Å². The van der Waals surface area contributed by atoms with Gasteiger partial charge in [-0.3, -0.25) is 14.9 Å². The van der Waals surface area contributed by atoms with E-state index < -0.39 is 4.92 Å². The minimum atomic E-state index is -0.534. The smallest absolute Gasteiger partial charge is 0.310 e. The topological polar surface area (TPSA) is 81.5 Å². The highest BCUT2D eigenvalue weighted by atomic mass is 16.6. The monoisotopic (exact) mass is 328 g/mol. The number of carbonyl (C=O) groups is 1. The van der Waals surface area contributed by atoms with Gasteiger partial charge in [-0.15, -0.1) is 0 Å². The number of carbonyl (C=O) groups excluding carboxylic acids is 1. The molecule has 0 heterocycles. The lowest BCUT2D eigenvalue weighted by Gasteiger charge is -2.23. The van der Waals surface area contributed by atoms with Crippen molar-refractivity contribution in [2.24, 2.45) is 5.92 Å². The number of ether oxygens (including phenoxy) is 1. The molecule has 0 aromatic heterocycles. The number of nitro groups is 1. The summed E-state index contributed by atoms with van der Waals surface area (Å²) in [5.74, 6) is -0.0448. The summed E-state index contributed by atoms with van der Waals surface area (Å²) in [5, 5.41) is 13.9. The van der Waals surface area contributed by atoms with E-state index in [0.717, 1.165) is 5.56 Å². The fourth-order valence-corrected chi connectivity index (χ4v) is 2.38. The molecule has 0 bridgehead atoms. The van der Waals surface area contributed by atoms with Gasteiger partial charge in [0.15, 0.2) is 12.4 Å². The van der Waals surface area contributed by atoms with E-state index in [1.54, 1.807) is 12.1 Å². The highest BCUT2D eigenvalue weighted by Gasteiger charge is 2.19. The van der Waals surface area contributed by atoms with Crippen LogP contribution in [-0.4, -0.2) is 17.4 Å². The Morgan fingerprint density at radius 2 is 1.75 bits per heavy atom. The Hall–Kier alpha value is -2.89. The van der Waals surface area contributed by atoms with E-state index in [1.165, 1.54) is 12.1 Å². The molecule has 0 unspecified atom stereocenters. The molecule has 1 amide bonds. The van der Waals surface area contributed by atoms with Crippen LogP contribution in [0.4, 0.5) is 5.69 Å². The molecule has 0 fully saturated rings. The van der Waals surface area contributed by atoms with E-state index >= 15 is 0 Å². The largest absolute Gasteiger partial charge is 0.477 e. The summed E-state index contributed by atoms with van der Waals surface area (Å²) >= 11 is 0. The van der Waals surface area contributed by atoms with E-state index in [0.29, 0.717) is 0 Å². The minimum Gasteiger partial charge on any atom is -0.477 e. The molecule has 0 saturated heterocycles. The van der Waals surface area contributed by atoms with Crippen LogP contribution < -0.4 is 10.1 Å². The highest BCUT2D eigenvalue weighted by Crippen LogP contribution is 2.26. The number of nitrogens with zero attached hydrogens (tertiary/aromatic N) is 1. The number of hydrogen-bond acceptors (Lipinski definition) is 4. The quantitative estimate of drug-likeness (QED) is 0.623. The molecule has 6 heteroatoms. The van der Waals surface area contributed by atoms with Crippen LogP contribution >= 0.6 is 0 Å². The van der Waals surface area contributed by atoms with Crippen molar-refractivity contribution >= 4 is 11.6 Å². The molecule has 0 radical (unpaired) electrons. The Labute approximate surface area is 140 Å². The number of hydrogen-bond donors (Lipinski definition) is 1. The first-order valence-electron chi connectivity index (χ1n) is 7.69. The van der Waals surface area contributed by atoms with Gasteiger partial charge in [-0.25, -0.2) is 0 Å². The lowest BCUT2D eigenvalue weighted by Crippen LogP contribution is -2.35. The SMILES string of the molecule is CC(C)[C@@H](NC(=O)COc1ccccc1[N+](=O)[O-])c1ccccc1. The Balaban J connectivity index is 2.01. The maximum Gasteiger partial charge on any atom is 0.310 e. The van der Waals surface area contributed by atoms with Gasteiger partial charge in [-0.1, -0.05) is 56.3 Å². The van der Waals surface area contributed by atoms with Crippen LogP contribution in [0.15, 0.2) is 54.6 Å². The maximum atomic E-state index is 12.2. The summed E-state index contributed by atoms with van der Waals surface area (Å²) in [6.07, 6.45) is 0. The molecular formula is C18H20N2O4. The van der Waals surface area contributed by atoms with E-state index in [4.69, 9.17) is 4.74 Å². The number of para-hydroxylation sites is 2. The van der Waals surface area contributed by atoms with Crippen LogP contribution in [0.25, 0.3) is 0 Å². The fraction of sp³-hybridized carbons (Fsp3) is 0.278. The molecule has 1 N–H and O–H groups in total. The molecule has 0 spiro atoms. The predicted molar refractivity (Wildman–Crippen MR) is 90.8 cm³/mol. The number of nitro benzene ring substituents is 1. The van der Waals surface area contributed by atoms with Gasteiger partial charge in [0.2, 0.25) is 0 Å². The molecule has 2 rings (SSSR count).